The van der Waals surface area contributed by atoms with Crippen molar-refractivity contribution in [3.63, 3.8) is 0 Å². The SMILES string of the molecule is CC1=CN2C(=NC(=O)C2(Cc2ccccc2)Cc2ccccc2)C(C)=C1. The number of amides is 1. The van der Waals surface area contributed by atoms with Crippen molar-refractivity contribution in [2.24, 2.45) is 4.99 Å². The molecule has 2 aliphatic rings. The Hall–Kier alpha value is -2.94. The third-order valence-corrected chi connectivity index (χ3v) is 5.10. The fourth-order valence-corrected chi connectivity index (χ4v) is 3.92. The van der Waals surface area contributed by atoms with Crippen molar-refractivity contribution < 1.29 is 4.79 Å². The zero-order valence-corrected chi connectivity index (χ0v) is 15.1. The number of hydrogen-bond acceptors (Lipinski definition) is 2. The van der Waals surface area contributed by atoms with Crippen LogP contribution in [0.4, 0.5) is 0 Å². The number of hydrogen-bond donors (Lipinski definition) is 0. The molecular formula is C23H22N2O. The van der Waals surface area contributed by atoms with Gasteiger partial charge in [0.2, 0.25) is 0 Å². The molecule has 0 radical (unpaired) electrons. The second-order valence-electron chi connectivity index (χ2n) is 7.17. The first-order valence-electron chi connectivity index (χ1n) is 8.96. The first kappa shape index (κ1) is 16.5. The van der Waals surface area contributed by atoms with Crippen molar-refractivity contribution in [1.29, 1.82) is 0 Å². The van der Waals surface area contributed by atoms with Gasteiger partial charge >= 0.3 is 0 Å². The van der Waals surface area contributed by atoms with E-state index in [-0.39, 0.29) is 5.91 Å². The topological polar surface area (TPSA) is 32.7 Å². The summed E-state index contributed by atoms with van der Waals surface area (Å²) in [6.07, 6.45) is 5.42. The molecule has 0 aliphatic carbocycles. The Balaban J connectivity index is 1.81. The van der Waals surface area contributed by atoms with Gasteiger partial charge in [0.05, 0.1) is 0 Å². The average Bonchev–Trinajstić information content (AvgIpc) is 2.89. The fourth-order valence-electron chi connectivity index (χ4n) is 3.92. The fraction of sp³-hybridized carbons (Fsp3) is 0.217. The van der Waals surface area contributed by atoms with Crippen molar-refractivity contribution in [1.82, 2.24) is 4.90 Å². The Labute approximate surface area is 154 Å². The third kappa shape index (κ3) is 2.80. The van der Waals surface area contributed by atoms with E-state index in [1.54, 1.807) is 0 Å². The van der Waals surface area contributed by atoms with Gasteiger partial charge < -0.3 is 4.90 Å². The van der Waals surface area contributed by atoms with Crippen LogP contribution in [0.5, 0.6) is 0 Å². The molecule has 0 saturated carbocycles. The smallest absolute Gasteiger partial charge is 0.274 e. The highest BCUT2D eigenvalue weighted by molar-refractivity contribution is 6.14. The lowest BCUT2D eigenvalue weighted by Gasteiger charge is -2.38. The van der Waals surface area contributed by atoms with E-state index in [2.05, 4.69) is 53.4 Å². The van der Waals surface area contributed by atoms with E-state index in [4.69, 9.17) is 0 Å². The molecule has 2 heterocycles. The van der Waals surface area contributed by atoms with E-state index in [1.807, 2.05) is 43.3 Å². The quantitative estimate of drug-likeness (QED) is 0.829. The van der Waals surface area contributed by atoms with E-state index >= 15 is 0 Å². The highest BCUT2D eigenvalue weighted by atomic mass is 16.2. The molecule has 26 heavy (non-hydrogen) atoms. The number of allylic oxidation sites excluding steroid dienone is 2. The van der Waals surface area contributed by atoms with Gasteiger partial charge in [-0.15, -0.1) is 0 Å². The lowest BCUT2D eigenvalue weighted by atomic mass is 9.82. The average molecular weight is 342 g/mol. The Bertz CT molecular complexity index is 882. The van der Waals surface area contributed by atoms with Crippen molar-refractivity contribution in [3.8, 4) is 0 Å². The Kier molecular flexibility index (Phi) is 4.08. The van der Waals surface area contributed by atoms with Gasteiger partial charge in [-0.25, -0.2) is 0 Å². The van der Waals surface area contributed by atoms with Gasteiger partial charge in [0.1, 0.15) is 11.4 Å². The predicted octanol–water partition coefficient (Wildman–Crippen LogP) is 4.32. The zero-order chi connectivity index (χ0) is 18.1. The molecule has 130 valence electrons. The number of aliphatic imine (C=N–C) groups is 1. The van der Waals surface area contributed by atoms with Crippen LogP contribution in [0.3, 0.4) is 0 Å². The van der Waals surface area contributed by atoms with Gasteiger partial charge in [-0.3, -0.25) is 4.79 Å². The summed E-state index contributed by atoms with van der Waals surface area (Å²) in [5.74, 6) is 0.728. The summed E-state index contributed by atoms with van der Waals surface area (Å²) in [4.78, 5) is 19.8. The molecule has 2 aliphatic heterocycles. The van der Waals surface area contributed by atoms with Gasteiger partial charge in [0.15, 0.2) is 0 Å². The minimum Gasteiger partial charge on any atom is -0.316 e. The summed E-state index contributed by atoms with van der Waals surface area (Å²) in [6, 6.07) is 20.4. The van der Waals surface area contributed by atoms with E-state index in [0.29, 0.717) is 12.8 Å². The van der Waals surface area contributed by atoms with Crippen LogP contribution in [0.1, 0.15) is 25.0 Å². The molecule has 3 heteroatoms. The van der Waals surface area contributed by atoms with Crippen molar-refractivity contribution in [2.45, 2.75) is 32.2 Å². The molecule has 0 N–H and O–H groups in total. The maximum Gasteiger partial charge on any atom is 0.274 e. The highest BCUT2D eigenvalue weighted by Gasteiger charge is 2.50. The Morgan fingerprint density at radius 2 is 1.42 bits per heavy atom. The molecule has 0 fully saturated rings. The number of amidine groups is 1. The van der Waals surface area contributed by atoms with Gasteiger partial charge in [-0.2, -0.15) is 4.99 Å². The van der Waals surface area contributed by atoms with Gasteiger partial charge in [0, 0.05) is 19.0 Å². The summed E-state index contributed by atoms with van der Waals surface area (Å²) >= 11 is 0. The molecule has 0 bridgehead atoms. The van der Waals surface area contributed by atoms with E-state index < -0.39 is 5.54 Å². The van der Waals surface area contributed by atoms with E-state index in [9.17, 15) is 4.79 Å². The third-order valence-electron chi connectivity index (χ3n) is 5.10. The van der Waals surface area contributed by atoms with Crippen LogP contribution < -0.4 is 0 Å². The van der Waals surface area contributed by atoms with Crippen molar-refractivity contribution >= 4 is 11.7 Å². The number of nitrogens with zero attached hydrogens (tertiary/aromatic N) is 2. The lowest BCUT2D eigenvalue weighted by molar-refractivity contribution is -0.124. The number of rotatable bonds is 4. The second kappa shape index (κ2) is 6.41. The highest BCUT2D eigenvalue weighted by Crippen LogP contribution is 2.37. The van der Waals surface area contributed by atoms with Crippen LogP contribution in [-0.4, -0.2) is 22.2 Å². The first-order valence-corrected chi connectivity index (χ1v) is 8.96. The maximum atomic E-state index is 13.2. The number of benzene rings is 2. The molecule has 4 rings (SSSR count). The molecule has 0 aromatic heterocycles. The largest absolute Gasteiger partial charge is 0.316 e. The van der Waals surface area contributed by atoms with Gasteiger partial charge in [-0.05, 0) is 36.1 Å². The lowest BCUT2D eigenvalue weighted by Crippen LogP contribution is -2.53. The maximum absolute atomic E-state index is 13.2. The summed E-state index contributed by atoms with van der Waals surface area (Å²) in [6.45, 7) is 4.09. The standard InChI is InChI=1S/C23H22N2O/c1-17-13-18(2)21-24-22(26)23(25(21)16-17,14-19-9-5-3-6-10-19)15-20-11-7-4-8-12-20/h3-13,16H,14-15H2,1-2H3. The molecule has 2 aromatic carbocycles. The van der Waals surface area contributed by atoms with Crippen LogP contribution in [0.25, 0.3) is 0 Å². The minimum absolute atomic E-state index is 0.0566. The molecule has 3 nitrogen and oxygen atoms in total. The van der Waals surface area contributed by atoms with Crippen molar-refractivity contribution in [3.05, 3.63) is 95.2 Å². The molecule has 1 amide bonds. The van der Waals surface area contributed by atoms with Crippen LogP contribution >= 0.6 is 0 Å². The first-order chi connectivity index (χ1) is 12.6. The van der Waals surface area contributed by atoms with Crippen LogP contribution in [0, 0.1) is 0 Å². The molecule has 0 saturated heterocycles. The minimum atomic E-state index is -0.713. The van der Waals surface area contributed by atoms with Gasteiger partial charge in [0.25, 0.3) is 5.91 Å². The van der Waals surface area contributed by atoms with Crippen LogP contribution in [0.2, 0.25) is 0 Å². The normalized spacial score (nSPS) is 18.2. The Morgan fingerprint density at radius 1 is 0.885 bits per heavy atom. The zero-order valence-electron chi connectivity index (χ0n) is 15.1. The van der Waals surface area contributed by atoms with Gasteiger partial charge in [-0.1, -0.05) is 66.7 Å². The number of carbonyl (C=O) groups excluding carboxylic acids is 1. The monoisotopic (exact) mass is 342 g/mol. The summed E-state index contributed by atoms with van der Waals surface area (Å²) in [5, 5.41) is 0. The van der Waals surface area contributed by atoms with E-state index in [0.717, 1.165) is 28.1 Å². The number of carbonyl (C=O) groups is 1. The Morgan fingerprint density at radius 3 is 1.96 bits per heavy atom. The molecule has 2 aromatic rings. The van der Waals surface area contributed by atoms with Crippen LogP contribution in [0.15, 0.2) is 89.1 Å². The molecule has 0 spiro atoms. The summed E-state index contributed by atoms with van der Waals surface area (Å²) in [5.41, 5.74) is 3.76. The number of fused-ring (bicyclic) bond motifs is 1. The predicted molar refractivity (Wildman–Crippen MR) is 105 cm³/mol. The van der Waals surface area contributed by atoms with Crippen LogP contribution in [-0.2, 0) is 17.6 Å². The van der Waals surface area contributed by atoms with E-state index in [1.165, 1.54) is 0 Å². The summed E-state index contributed by atoms with van der Waals surface area (Å²) < 4.78 is 0. The molecular weight excluding hydrogens is 320 g/mol. The molecule has 0 atom stereocenters. The summed E-state index contributed by atoms with van der Waals surface area (Å²) in [7, 11) is 0. The van der Waals surface area contributed by atoms with Crippen molar-refractivity contribution in [2.75, 3.05) is 0 Å². The second-order valence-corrected chi connectivity index (χ2v) is 7.17. The molecule has 0 unspecified atom stereocenters.